The third-order valence-corrected chi connectivity index (χ3v) is 18.6. The van der Waals surface area contributed by atoms with Crippen LogP contribution in [0, 0.1) is 0 Å². The zero-order valence-electron chi connectivity index (χ0n) is 50.5. The maximum Gasteiger partial charge on any atom is 0.0541 e. The summed E-state index contributed by atoms with van der Waals surface area (Å²) in [5.41, 5.74) is 30.5. The first-order valence-corrected chi connectivity index (χ1v) is 31.7. The fourth-order valence-corrected chi connectivity index (χ4v) is 14.4. The van der Waals surface area contributed by atoms with E-state index in [0.717, 1.165) is 55.7 Å². The normalized spacial score (nSPS) is 11.5. The summed E-state index contributed by atoms with van der Waals surface area (Å²) < 4.78 is 5.02. The van der Waals surface area contributed by atoms with Crippen LogP contribution in [0.25, 0.3) is 166 Å². The Morgan fingerprint density at radius 3 is 0.554 bits per heavy atom. The quantitative estimate of drug-likeness (QED) is 0.115. The zero-order chi connectivity index (χ0) is 60.9. The van der Waals surface area contributed by atoms with Crippen LogP contribution in [0.4, 0.5) is 0 Å². The zero-order valence-corrected chi connectivity index (χ0v) is 50.5. The lowest BCUT2D eigenvalue weighted by molar-refractivity contribution is 1.18. The van der Waals surface area contributed by atoms with Gasteiger partial charge in [-0.1, -0.05) is 303 Å². The highest BCUT2D eigenvalue weighted by Gasteiger charge is 2.24. The Hall–Kier alpha value is -12.1. The van der Waals surface area contributed by atoms with Gasteiger partial charge in [-0.05, 0) is 161 Å². The summed E-state index contributed by atoms with van der Waals surface area (Å²) in [6, 6.07) is 134. The van der Waals surface area contributed by atoms with Crippen molar-refractivity contribution in [3.63, 3.8) is 0 Å². The molecule has 0 unspecified atom stereocenters. The van der Waals surface area contributed by atoms with Crippen molar-refractivity contribution in [2.75, 3.05) is 0 Å². The summed E-state index contributed by atoms with van der Waals surface area (Å²) in [6.07, 6.45) is 0. The van der Waals surface area contributed by atoms with Crippen LogP contribution in [0.1, 0.15) is 0 Å². The maximum atomic E-state index is 2.51. The molecule has 0 amide bonds. The maximum absolute atomic E-state index is 2.51. The number of nitrogens with zero attached hydrogens (tertiary/aromatic N) is 2. The largest absolute Gasteiger partial charge is 0.309 e. The molecule has 15 aromatic carbocycles. The van der Waals surface area contributed by atoms with Gasteiger partial charge >= 0.3 is 0 Å². The van der Waals surface area contributed by atoms with Gasteiger partial charge in [0.2, 0.25) is 0 Å². The minimum Gasteiger partial charge on any atom is -0.309 e. The molecular weight excluding hydrogens is 1110 g/mol. The molecule has 0 spiro atoms. The Kier molecular flexibility index (Phi) is 13.6. The molecule has 0 aliphatic rings. The van der Waals surface area contributed by atoms with Gasteiger partial charge in [0.15, 0.2) is 0 Å². The Morgan fingerprint density at radius 2 is 0.315 bits per heavy atom. The third-order valence-electron chi connectivity index (χ3n) is 18.6. The van der Waals surface area contributed by atoms with Crippen LogP contribution in [0.15, 0.2) is 364 Å². The van der Waals surface area contributed by atoms with Crippen molar-refractivity contribution in [3.8, 4) is 123 Å². The summed E-state index contributed by atoms with van der Waals surface area (Å²) >= 11 is 0. The molecule has 0 N–H and O–H groups in total. The molecule has 0 bridgehead atoms. The Bertz CT molecular complexity index is 4990. The van der Waals surface area contributed by atoms with Crippen LogP contribution < -0.4 is 0 Å². The second-order valence-corrected chi connectivity index (χ2v) is 23.8. The number of rotatable bonds is 12. The fourth-order valence-electron chi connectivity index (χ4n) is 14.4. The van der Waals surface area contributed by atoms with E-state index in [4.69, 9.17) is 0 Å². The van der Waals surface area contributed by atoms with E-state index >= 15 is 0 Å². The van der Waals surface area contributed by atoms with Gasteiger partial charge in [0.05, 0.1) is 33.4 Å². The standard InChI is InChI=1S/C90H60N2/c1-5-27-61(28-6-1)69-35-13-17-39-73(69)65-49-53-87-81(57-65)82-58-66(74-40-18-14-36-70(74)62-29-7-2-8-30-62)50-54-88(82)91(87)85-47-25-23-45-79(85)77-43-21-22-44-78(77)80-46-24-26-48-86(80)92-89-55-51-67(75-41-19-15-37-71(75)63-31-9-3-10-32-63)59-83(89)84-60-68(52-56-90(84)92)76-42-20-16-38-72(76)64-33-11-4-12-34-64/h1-60H. The minimum atomic E-state index is 1.11. The smallest absolute Gasteiger partial charge is 0.0541 e. The topological polar surface area (TPSA) is 9.86 Å². The van der Waals surface area contributed by atoms with Crippen LogP contribution in [-0.2, 0) is 0 Å². The molecular formula is C90H60N2. The Morgan fingerprint density at radius 1 is 0.130 bits per heavy atom. The number of hydrogen-bond acceptors (Lipinski definition) is 0. The van der Waals surface area contributed by atoms with Crippen molar-refractivity contribution in [1.29, 1.82) is 0 Å². The molecule has 430 valence electrons. The molecule has 2 heterocycles. The van der Waals surface area contributed by atoms with Gasteiger partial charge in [-0.3, -0.25) is 0 Å². The Labute approximate surface area is 536 Å². The molecule has 17 rings (SSSR count). The molecule has 17 aromatic rings. The van der Waals surface area contributed by atoms with Crippen LogP contribution in [0.5, 0.6) is 0 Å². The van der Waals surface area contributed by atoms with Gasteiger partial charge in [0.1, 0.15) is 0 Å². The second kappa shape index (κ2) is 23.1. The van der Waals surface area contributed by atoms with Gasteiger partial charge in [0, 0.05) is 32.7 Å². The van der Waals surface area contributed by atoms with Gasteiger partial charge in [-0.25, -0.2) is 0 Å². The van der Waals surface area contributed by atoms with E-state index in [0.29, 0.717) is 0 Å². The number of hydrogen-bond donors (Lipinski definition) is 0. The highest BCUT2D eigenvalue weighted by atomic mass is 15.0. The van der Waals surface area contributed by atoms with E-state index in [1.807, 2.05) is 0 Å². The second-order valence-electron chi connectivity index (χ2n) is 23.8. The molecule has 0 radical (unpaired) electrons. The van der Waals surface area contributed by atoms with Crippen molar-refractivity contribution < 1.29 is 0 Å². The van der Waals surface area contributed by atoms with E-state index in [9.17, 15) is 0 Å². The molecule has 2 heteroatoms. The van der Waals surface area contributed by atoms with E-state index in [1.165, 1.54) is 111 Å². The molecule has 0 atom stereocenters. The van der Waals surface area contributed by atoms with Crippen molar-refractivity contribution in [2.45, 2.75) is 0 Å². The van der Waals surface area contributed by atoms with E-state index in [-0.39, 0.29) is 0 Å². The fraction of sp³-hybridized carbons (Fsp3) is 0. The SMILES string of the molecule is c1ccc(-c2ccccc2-c2ccc3c(c2)c2cc(-c4ccccc4-c4ccccc4)ccc2n3-c2ccccc2-c2ccccc2-c2ccccc2-n2c3ccc(-c4ccccc4-c4ccccc4)cc3c3cc(-c4ccccc4-c4ccccc4)ccc32)cc1. The highest BCUT2D eigenvalue weighted by Crippen LogP contribution is 2.47. The average molecular weight is 1170 g/mol. The van der Waals surface area contributed by atoms with Gasteiger partial charge in [-0.2, -0.15) is 0 Å². The highest BCUT2D eigenvalue weighted by molar-refractivity contribution is 6.15. The van der Waals surface area contributed by atoms with Gasteiger partial charge < -0.3 is 9.13 Å². The molecule has 0 saturated heterocycles. The Balaban J connectivity index is 0.858. The predicted molar refractivity (Wildman–Crippen MR) is 389 cm³/mol. The average Bonchev–Trinajstić information content (AvgIpc) is 1.58. The monoisotopic (exact) mass is 1170 g/mol. The summed E-state index contributed by atoms with van der Waals surface area (Å²) in [4.78, 5) is 0. The number of aromatic nitrogens is 2. The first kappa shape index (κ1) is 54.1. The lowest BCUT2D eigenvalue weighted by atomic mass is 9.92. The minimum absolute atomic E-state index is 1.11. The molecule has 2 nitrogen and oxygen atoms in total. The van der Waals surface area contributed by atoms with E-state index < -0.39 is 0 Å². The number of benzene rings is 15. The summed E-state index contributed by atoms with van der Waals surface area (Å²) in [5.74, 6) is 0. The predicted octanol–water partition coefficient (Wildman–Crippen LogP) is 24.6. The van der Waals surface area contributed by atoms with E-state index in [1.54, 1.807) is 0 Å². The van der Waals surface area contributed by atoms with Crippen LogP contribution in [0.2, 0.25) is 0 Å². The van der Waals surface area contributed by atoms with Crippen LogP contribution >= 0.6 is 0 Å². The van der Waals surface area contributed by atoms with Crippen molar-refractivity contribution in [1.82, 2.24) is 9.13 Å². The van der Waals surface area contributed by atoms with Gasteiger partial charge in [0.25, 0.3) is 0 Å². The molecule has 0 aliphatic heterocycles. The molecule has 0 saturated carbocycles. The van der Waals surface area contributed by atoms with Crippen LogP contribution in [0.3, 0.4) is 0 Å². The molecule has 92 heavy (non-hydrogen) atoms. The molecule has 2 aromatic heterocycles. The summed E-state index contributed by atoms with van der Waals surface area (Å²) in [6.45, 7) is 0. The van der Waals surface area contributed by atoms with Crippen molar-refractivity contribution in [3.05, 3.63) is 364 Å². The number of fused-ring (bicyclic) bond motifs is 6. The van der Waals surface area contributed by atoms with Crippen molar-refractivity contribution in [2.24, 2.45) is 0 Å². The first-order valence-electron chi connectivity index (χ1n) is 31.7. The molecule has 0 aliphatic carbocycles. The van der Waals surface area contributed by atoms with Crippen LogP contribution in [-0.4, -0.2) is 9.13 Å². The van der Waals surface area contributed by atoms with Crippen molar-refractivity contribution >= 4 is 43.6 Å². The first-order chi connectivity index (χ1) is 45.7. The lowest BCUT2D eigenvalue weighted by Gasteiger charge is -2.20. The molecule has 0 fully saturated rings. The summed E-state index contributed by atoms with van der Waals surface area (Å²) in [7, 11) is 0. The van der Waals surface area contributed by atoms with Gasteiger partial charge in [-0.15, -0.1) is 0 Å². The summed E-state index contributed by atoms with van der Waals surface area (Å²) in [5, 5.41) is 4.77. The van der Waals surface area contributed by atoms with E-state index in [2.05, 4.69) is 373 Å². The third kappa shape index (κ3) is 9.44. The lowest BCUT2D eigenvalue weighted by Crippen LogP contribution is -2.00. The number of para-hydroxylation sites is 2.